The summed E-state index contributed by atoms with van der Waals surface area (Å²) in [6.07, 6.45) is 27.5. The molecule has 9 atom stereocenters. The summed E-state index contributed by atoms with van der Waals surface area (Å²) in [6.45, 7) is 25.2. The summed E-state index contributed by atoms with van der Waals surface area (Å²) in [5, 5.41) is 0. The SMILES string of the molecule is CCCCCCC(C)OP(=O)([O-])OCC(CC)CCCC.CCCCCCC(C)OP(=O)([O-])OCC(CC)CCCC.CCCCCCC(C)OP(=O)([O-])OCC(CC)CCCC.[Co+3]. The third-order valence-corrected chi connectivity index (χ3v) is 14.6. The molecule has 12 nitrogen and oxygen atoms in total. The fourth-order valence-corrected chi connectivity index (χ4v) is 9.77. The van der Waals surface area contributed by atoms with E-state index in [1.807, 2.05) is 0 Å². The van der Waals surface area contributed by atoms with Gasteiger partial charge in [0.15, 0.2) is 0 Å². The smallest absolute Gasteiger partial charge is 0.756 e. The van der Waals surface area contributed by atoms with Crippen molar-refractivity contribution in [3.63, 3.8) is 0 Å². The maximum absolute atomic E-state index is 11.8. The zero-order valence-electron chi connectivity index (χ0n) is 43.3. The van der Waals surface area contributed by atoms with Gasteiger partial charge in [-0.3, -0.25) is 13.7 Å². The Labute approximate surface area is 406 Å². The summed E-state index contributed by atoms with van der Waals surface area (Å²) in [7, 11) is -12.5. The van der Waals surface area contributed by atoms with E-state index in [-0.39, 0.29) is 54.9 Å². The molecule has 0 aliphatic carbocycles. The van der Waals surface area contributed by atoms with Crippen LogP contribution in [0.4, 0.5) is 0 Å². The Kier molecular flexibility index (Phi) is 53.0. The molecule has 0 aliphatic rings. The van der Waals surface area contributed by atoms with Crippen LogP contribution in [0, 0.1) is 17.8 Å². The van der Waals surface area contributed by atoms with E-state index in [1.54, 1.807) is 20.8 Å². The summed E-state index contributed by atoms with van der Waals surface area (Å²) in [6, 6.07) is 0. The van der Waals surface area contributed by atoms with Crippen LogP contribution in [0.3, 0.4) is 0 Å². The first kappa shape index (κ1) is 71.4. The third-order valence-electron chi connectivity index (χ3n) is 11.4. The molecular weight excluding hydrogens is 920 g/mol. The van der Waals surface area contributed by atoms with Gasteiger partial charge in [-0.2, -0.15) is 0 Å². The van der Waals surface area contributed by atoms with Crippen LogP contribution >= 0.6 is 23.5 Å². The molecule has 0 saturated carbocycles. The topological polar surface area (TPSA) is 176 Å². The Morgan fingerprint density at radius 3 is 0.750 bits per heavy atom. The Morgan fingerprint density at radius 1 is 0.344 bits per heavy atom. The zero-order valence-corrected chi connectivity index (χ0v) is 47.0. The maximum atomic E-state index is 11.8. The molecule has 0 bridgehead atoms. The summed E-state index contributed by atoms with van der Waals surface area (Å²) < 4.78 is 65.9. The molecule has 0 spiro atoms. The minimum Gasteiger partial charge on any atom is -0.756 e. The van der Waals surface area contributed by atoms with Gasteiger partial charge in [-0.25, -0.2) is 0 Å². The van der Waals surface area contributed by atoms with Crippen LogP contribution in [-0.2, 0) is 57.6 Å². The van der Waals surface area contributed by atoms with E-state index in [4.69, 9.17) is 27.1 Å². The molecule has 0 aromatic carbocycles. The predicted octanol–water partition coefficient (Wildman–Crippen LogP) is 15.2. The third kappa shape index (κ3) is 49.3. The van der Waals surface area contributed by atoms with Gasteiger partial charge in [-0.15, -0.1) is 0 Å². The normalized spacial score (nSPS) is 17.1. The molecular formula is C48H102CoO12P3. The van der Waals surface area contributed by atoms with Crippen molar-refractivity contribution < 1.29 is 72.3 Å². The number of phosphoric ester groups is 3. The van der Waals surface area contributed by atoms with Gasteiger partial charge in [0.05, 0.1) is 38.1 Å². The first-order chi connectivity index (χ1) is 29.8. The molecule has 0 fully saturated rings. The number of rotatable bonds is 42. The van der Waals surface area contributed by atoms with Crippen LogP contribution in [0.1, 0.15) is 256 Å². The predicted molar refractivity (Wildman–Crippen MR) is 259 cm³/mol. The van der Waals surface area contributed by atoms with Gasteiger partial charge in [0.2, 0.25) is 0 Å². The van der Waals surface area contributed by atoms with Gasteiger partial charge < -0.3 is 41.8 Å². The summed E-state index contributed by atoms with van der Waals surface area (Å²) in [5.41, 5.74) is 0. The van der Waals surface area contributed by atoms with Gasteiger partial charge in [-0.1, -0.05) is 197 Å². The quantitative estimate of drug-likeness (QED) is 0.0418. The second-order valence-corrected chi connectivity index (χ2v) is 21.9. The zero-order chi connectivity index (χ0) is 48.4. The van der Waals surface area contributed by atoms with Crippen molar-refractivity contribution in [2.45, 2.75) is 275 Å². The van der Waals surface area contributed by atoms with Crippen molar-refractivity contribution >= 4 is 23.5 Å². The van der Waals surface area contributed by atoms with Crippen LogP contribution < -0.4 is 14.7 Å². The molecule has 16 heteroatoms. The fraction of sp³-hybridized carbons (Fsp3) is 1.00. The molecule has 0 aromatic rings. The molecule has 0 saturated heterocycles. The number of phosphoric acid groups is 3. The minimum atomic E-state index is -4.15. The average molecular weight is 1020 g/mol. The van der Waals surface area contributed by atoms with E-state index in [1.165, 1.54) is 38.5 Å². The standard InChI is InChI=1S/3C16H35O4P.Co/c3*1-5-8-10-11-12-15(4)20-21(17,18)19-14-16(7-3)13-9-6-2;/h3*15-16H,5-14H2,1-4H3,(H,17,18);/q;;;+3/p-3. The molecule has 9 unspecified atom stereocenters. The first-order valence-corrected chi connectivity index (χ1v) is 30.1. The van der Waals surface area contributed by atoms with E-state index in [0.717, 1.165) is 135 Å². The Bertz CT molecular complexity index is 991. The summed E-state index contributed by atoms with van der Waals surface area (Å²) in [5.74, 6) is 0.905. The Hall–Kier alpha value is 0.836. The van der Waals surface area contributed by atoms with Gasteiger partial charge in [0, 0.05) is 0 Å². The molecule has 0 rings (SSSR count). The monoisotopic (exact) mass is 1020 g/mol. The fourth-order valence-electron chi connectivity index (χ4n) is 6.77. The summed E-state index contributed by atoms with van der Waals surface area (Å²) in [4.78, 5) is 35.4. The van der Waals surface area contributed by atoms with E-state index < -0.39 is 23.5 Å². The molecule has 64 heavy (non-hydrogen) atoms. The Balaban J connectivity index is -0.000000419. The largest absolute Gasteiger partial charge is 3.00 e. The second-order valence-electron chi connectivity index (χ2n) is 17.8. The molecule has 0 aromatic heterocycles. The molecule has 0 aliphatic heterocycles. The Morgan fingerprint density at radius 2 is 0.562 bits per heavy atom. The molecule has 0 amide bonds. The van der Waals surface area contributed by atoms with Crippen molar-refractivity contribution in [2.24, 2.45) is 17.8 Å². The molecule has 0 N–H and O–H groups in total. The van der Waals surface area contributed by atoms with Gasteiger partial charge in [0.25, 0.3) is 23.5 Å². The van der Waals surface area contributed by atoms with E-state index >= 15 is 0 Å². The number of unbranched alkanes of at least 4 members (excludes halogenated alkanes) is 12. The van der Waals surface area contributed by atoms with Crippen LogP contribution in [0.5, 0.6) is 0 Å². The van der Waals surface area contributed by atoms with Crippen LogP contribution in [0.2, 0.25) is 0 Å². The van der Waals surface area contributed by atoms with Gasteiger partial charge >= 0.3 is 16.8 Å². The molecule has 0 radical (unpaired) electrons. The first-order valence-electron chi connectivity index (χ1n) is 25.8. The van der Waals surface area contributed by atoms with Gasteiger partial charge in [-0.05, 0) is 77.0 Å². The minimum absolute atomic E-state index is 0. The van der Waals surface area contributed by atoms with Crippen molar-refractivity contribution in [3.8, 4) is 0 Å². The van der Waals surface area contributed by atoms with Crippen LogP contribution in [0.25, 0.3) is 0 Å². The van der Waals surface area contributed by atoms with E-state index in [2.05, 4.69) is 62.3 Å². The molecule has 390 valence electrons. The maximum Gasteiger partial charge on any atom is 3.00 e. The number of hydrogen-bond donors (Lipinski definition) is 0. The average Bonchev–Trinajstić information content (AvgIpc) is 3.23. The van der Waals surface area contributed by atoms with Crippen molar-refractivity contribution in [3.05, 3.63) is 0 Å². The van der Waals surface area contributed by atoms with Gasteiger partial charge in [0.1, 0.15) is 0 Å². The van der Waals surface area contributed by atoms with E-state index in [0.29, 0.717) is 17.8 Å². The summed E-state index contributed by atoms with van der Waals surface area (Å²) >= 11 is 0. The van der Waals surface area contributed by atoms with Crippen LogP contribution in [0.15, 0.2) is 0 Å². The number of hydrogen-bond acceptors (Lipinski definition) is 12. The van der Waals surface area contributed by atoms with E-state index in [9.17, 15) is 28.4 Å². The van der Waals surface area contributed by atoms with Crippen LogP contribution in [-0.4, -0.2) is 38.1 Å². The molecule has 0 heterocycles. The van der Waals surface area contributed by atoms with Crippen molar-refractivity contribution in [1.82, 2.24) is 0 Å². The second kappa shape index (κ2) is 47.5. The van der Waals surface area contributed by atoms with Crippen molar-refractivity contribution in [1.29, 1.82) is 0 Å². The van der Waals surface area contributed by atoms with Crippen molar-refractivity contribution in [2.75, 3.05) is 19.8 Å².